The lowest BCUT2D eigenvalue weighted by Gasteiger charge is -2.07. The van der Waals surface area contributed by atoms with Crippen molar-refractivity contribution in [3.8, 4) is 5.75 Å². The van der Waals surface area contributed by atoms with E-state index in [9.17, 15) is 4.79 Å². The Labute approximate surface area is 96.5 Å². The van der Waals surface area contributed by atoms with Gasteiger partial charge in [0.05, 0.1) is 6.61 Å². The third-order valence-electron chi connectivity index (χ3n) is 1.68. The molecule has 3 nitrogen and oxygen atoms in total. The van der Waals surface area contributed by atoms with Crippen LogP contribution in [-0.4, -0.2) is 17.7 Å². The van der Waals surface area contributed by atoms with Gasteiger partial charge in [-0.1, -0.05) is 22.0 Å². The molecule has 0 spiro atoms. The van der Waals surface area contributed by atoms with Crippen molar-refractivity contribution in [2.24, 2.45) is 0 Å². The average molecular weight is 271 g/mol. The molecule has 0 aliphatic heterocycles. The molecule has 0 saturated heterocycles. The van der Waals surface area contributed by atoms with E-state index in [-0.39, 0.29) is 0 Å². The maximum Gasteiger partial charge on any atom is 0.328 e. The molecule has 15 heavy (non-hydrogen) atoms. The highest BCUT2D eigenvalue weighted by Crippen LogP contribution is 2.24. The van der Waals surface area contributed by atoms with Crippen LogP contribution in [-0.2, 0) is 4.79 Å². The van der Waals surface area contributed by atoms with Crippen LogP contribution in [0, 0.1) is 0 Å². The summed E-state index contributed by atoms with van der Waals surface area (Å²) in [6, 6.07) is 5.45. The molecular weight excluding hydrogens is 260 g/mol. The van der Waals surface area contributed by atoms with Crippen molar-refractivity contribution in [2.75, 3.05) is 6.61 Å². The maximum absolute atomic E-state index is 10.4. The Morgan fingerprint density at radius 2 is 2.33 bits per heavy atom. The minimum atomic E-state index is -0.972. The number of carboxylic acids is 1. The number of hydrogen-bond acceptors (Lipinski definition) is 2. The van der Waals surface area contributed by atoms with Crippen molar-refractivity contribution < 1.29 is 14.6 Å². The van der Waals surface area contributed by atoms with Gasteiger partial charge in [-0.2, -0.15) is 0 Å². The Kier molecular flexibility index (Phi) is 4.37. The fourth-order valence-electron chi connectivity index (χ4n) is 1.09. The Hall–Kier alpha value is -1.29. The molecule has 0 fully saturated rings. The number of halogens is 1. The van der Waals surface area contributed by atoms with E-state index < -0.39 is 5.97 Å². The molecule has 0 amide bonds. The van der Waals surface area contributed by atoms with Gasteiger partial charge in [-0.15, -0.1) is 0 Å². The van der Waals surface area contributed by atoms with Gasteiger partial charge in [0.1, 0.15) is 5.75 Å². The van der Waals surface area contributed by atoms with E-state index in [1.165, 1.54) is 6.08 Å². The molecule has 0 bridgehead atoms. The van der Waals surface area contributed by atoms with Gasteiger partial charge in [-0.25, -0.2) is 4.79 Å². The van der Waals surface area contributed by atoms with E-state index in [1.807, 2.05) is 19.1 Å². The highest BCUT2D eigenvalue weighted by molar-refractivity contribution is 9.10. The SMILES string of the molecule is CCOc1cc(Br)ccc1/C=C/C(=O)O. The van der Waals surface area contributed by atoms with Crippen molar-refractivity contribution >= 4 is 28.0 Å². The fraction of sp³-hybridized carbons (Fsp3) is 0.182. The Morgan fingerprint density at radius 1 is 1.60 bits per heavy atom. The van der Waals surface area contributed by atoms with E-state index in [1.54, 1.807) is 6.07 Å². The summed E-state index contributed by atoms with van der Waals surface area (Å²) >= 11 is 3.33. The number of carbonyl (C=O) groups is 1. The molecule has 1 aromatic rings. The van der Waals surface area contributed by atoms with Crippen molar-refractivity contribution in [2.45, 2.75) is 6.92 Å². The van der Waals surface area contributed by atoms with Crippen LogP contribution >= 0.6 is 15.9 Å². The zero-order valence-corrected chi connectivity index (χ0v) is 9.82. The van der Waals surface area contributed by atoms with E-state index in [0.717, 1.165) is 16.1 Å². The number of rotatable bonds is 4. The van der Waals surface area contributed by atoms with Crippen LogP contribution in [0.25, 0.3) is 6.08 Å². The standard InChI is InChI=1S/C11H11BrO3/c1-2-15-10-7-9(12)5-3-8(10)4-6-11(13)14/h3-7H,2H2,1H3,(H,13,14)/b6-4+. The number of benzene rings is 1. The molecule has 0 atom stereocenters. The van der Waals surface area contributed by atoms with Crippen LogP contribution in [0.15, 0.2) is 28.7 Å². The van der Waals surface area contributed by atoms with Gasteiger partial charge in [0.2, 0.25) is 0 Å². The van der Waals surface area contributed by atoms with Crippen molar-refractivity contribution in [3.05, 3.63) is 34.3 Å². The smallest absolute Gasteiger partial charge is 0.328 e. The Morgan fingerprint density at radius 3 is 2.93 bits per heavy atom. The topological polar surface area (TPSA) is 46.5 Å². The summed E-state index contributed by atoms with van der Waals surface area (Å²) in [4.78, 5) is 10.4. The number of carboxylic acid groups (broad SMARTS) is 1. The Bertz CT molecular complexity index is 385. The third kappa shape index (κ3) is 3.75. The van der Waals surface area contributed by atoms with Crippen LogP contribution in [0.4, 0.5) is 0 Å². The second-order valence-electron chi connectivity index (χ2n) is 2.79. The number of aliphatic carboxylic acids is 1. The fourth-order valence-corrected chi connectivity index (χ4v) is 1.43. The predicted molar refractivity (Wildman–Crippen MR) is 62.0 cm³/mol. The molecule has 1 rings (SSSR count). The van der Waals surface area contributed by atoms with Gasteiger partial charge in [-0.3, -0.25) is 0 Å². The zero-order chi connectivity index (χ0) is 11.3. The van der Waals surface area contributed by atoms with E-state index in [0.29, 0.717) is 12.4 Å². The molecular formula is C11H11BrO3. The lowest BCUT2D eigenvalue weighted by atomic mass is 10.2. The van der Waals surface area contributed by atoms with Crippen molar-refractivity contribution in [1.82, 2.24) is 0 Å². The molecule has 0 radical (unpaired) electrons. The van der Waals surface area contributed by atoms with Crippen LogP contribution in [0.3, 0.4) is 0 Å². The van der Waals surface area contributed by atoms with Crippen LogP contribution in [0.5, 0.6) is 5.75 Å². The third-order valence-corrected chi connectivity index (χ3v) is 2.17. The number of hydrogen-bond donors (Lipinski definition) is 1. The quantitative estimate of drug-likeness (QED) is 0.856. The molecule has 1 N–H and O–H groups in total. The monoisotopic (exact) mass is 270 g/mol. The van der Waals surface area contributed by atoms with Gasteiger partial charge in [-0.05, 0) is 25.1 Å². The minimum Gasteiger partial charge on any atom is -0.493 e. The van der Waals surface area contributed by atoms with Gasteiger partial charge in [0, 0.05) is 16.1 Å². The zero-order valence-electron chi connectivity index (χ0n) is 8.24. The summed E-state index contributed by atoms with van der Waals surface area (Å²) in [6.07, 6.45) is 2.60. The van der Waals surface area contributed by atoms with E-state index in [2.05, 4.69) is 15.9 Å². The maximum atomic E-state index is 10.4. The van der Waals surface area contributed by atoms with Crippen LogP contribution in [0.1, 0.15) is 12.5 Å². The molecule has 1 aromatic carbocycles. The summed E-state index contributed by atoms with van der Waals surface area (Å²) in [5, 5.41) is 8.51. The molecule has 4 heteroatoms. The predicted octanol–water partition coefficient (Wildman–Crippen LogP) is 2.95. The summed E-state index contributed by atoms with van der Waals surface area (Å²) < 4.78 is 6.28. The van der Waals surface area contributed by atoms with Gasteiger partial charge in [0.25, 0.3) is 0 Å². The van der Waals surface area contributed by atoms with Crippen LogP contribution in [0.2, 0.25) is 0 Å². The lowest BCUT2D eigenvalue weighted by molar-refractivity contribution is -0.131. The number of ether oxygens (including phenoxy) is 1. The van der Waals surface area contributed by atoms with Gasteiger partial charge in [0.15, 0.2) is 0 Å². The lowest BCUT2D eigenvalue weighted by Crippen LogP contribution is -1.94. The highest BCUT2D eigenvalue weighted by atomic mass is 79.9. The van der Waals surface area contributed by atoms with Crippen molar-refractivity contribution in [1.29, 1.82) is 0 Å². The molecule has 0 aliphatic carbocycles. The molecule has 0 saturated carbocycles. The molecule has 0 aromatic heterocycles. The summed E-state index contributed by atoms with van der Waals surface area (Å²) in [6.45, 7) is 2.43. The molecule has 0 heterocycles. The molecule has 0 unspecified atom stereocenters. The highest BCUT2D eigenvalue weighted by Gasteiger charge is 2.01. The largest absolute Gasteiger partial charge is 0.493 e. The average Bonchev–Trinajstić information content (AvgIpc) is 2.17. The van der Waals surface area contributed by atoms with E-state index >= 15 is 0 Å². The Balaban J connectivity index is 3.00. The van der Waals surface area contributed by atoms with Crippen molar-refractivity contribution in [3.63, 3.8) is 0 Å². The first-order chi connectivity index (χ1) is 7.13. The minimum absolute atomic E-state index is 0.546. The van der Waals surface area contributed by atoms with E-state index in [4.69, 9.17) is 9.84 Å². The van der Waals surface area contributed by atoms with Crippen LogP contribution < -0.4 is 4.74 Å². The molecule has 80 valence electrons. The van der Waals surface area contributed by atoms with Gasteiger partial charge < -0.3 is 9.84 Å². The molecule has 0 aliphatic rings. The summed E-state index contributed by atoms with van der Waals surface area (Å²) in [7, 11) is 0. The van der Waals surface area contributed by atoms with Gasteiger partial charge >= 0.3 is 5.97 Å². The first-order valence-corrected chi connectivity index (χ1v) is 5.26. The second kappa shape index (κ2) is 5.56. The first kappa shape index (κ1) is 11.8. The summed E-state index contributed by atoms with van der Waals surface area (Å²) in [5.74, 6) is -0.301. The normalized spacial score (nSPS) is 10.5. The summed E-state index contributed by atoms with van der Waals surface area (Å²) in [5.41, 5.74) is 0.752. The second-order valence-corrected chi connectivity index (χ2v) is 3.70. The first-order valence-electron chi connectivity index (χ1n) is 4.47.